The first-order chi connectivity index (χ1) is 15.6. The Morgan fingerprint density at radius 2 is 1.78 bits per heavy atom. The second-order valence-electron chi connectivity index (χ2n) is 7.96. The number of hydrazone groups is 1. The van der Waals surface area contributed by atoms with E-state index in [1.165, 1.54) is 5.56 Å². The van der Waals surface area contributed by atoms with Crippen LogP contribution in [0, 0.1) is 0 Å². The van der Waals surface area contributed by atoms with Crippen LogP contribution in [0.2, 0.25) is 0 Å². The zero-order valence-electron chi connectivity index (χ0n) is 18.3. The number of halogens is 1. The number of hydrogen-bond acceptors (Lipinski definition) is 5. The smallest absolute Gasteiger partial charge is 0.214 e. The van der Waals surface area contributed by atoms with Crippen molar-refractivity contribution in [2.45, 2.75) is 32.0 Å². The van der Waals surface area contributed by atoms with Gasteiger partial charge in [0.15, 0.2) is 11.5 Å². The number of ether oxygens (including phenoxy) is 3. The normalized spacial score (nSPS) is 19.0. The predicted molar refractivity (Wildman–Crippen MR) is 129 cm³/mol. The van der Waals surface area contributed by atoms with Gasteiger partial charge in [0.1, 0.15) is 5.75 Å². The highest BCUT2D eigenvalue weighted by atomic mass is 79.9. The van der Waals surface area contributed by atoms with Gasteiger partial charge in [0.2, 0.25) is 6.23 Å². The van der Waals surface area contributed by atoms with Gasteiger partial charge in [0.05, 0.1) is 26.0 Å². The zero-order chi connectivity index (χ0) is 22.2. The lowest BCUT2D eigenvalue weighted by Crippen LogP contribution is -2.33. The summed E-state index contributed by atoms with van der Waals surface area (Å²) in [5, 5.41) is 7.14. The minimum atomic E-state index is -0.360. The van der Waals surface area contributed by atoms with E-state index in [0.717, 1.165) is 45.5 Å². The minimum Gasteiger partial charge on any atom is -0.493 e. The van der Waals surface area contributed by atoms with E-state index in [2.05, 4.69) is 58.2 Å². The Labute approximate surface area is 196 Å². The van der Waals surface area contributed by atoms with Gasteiger partial charge in [0.25, 0.3) is 0 Å². The molecule has 3 aromatic carbocycles. The fourth-order valence-electron chi connectivity index (χ4n) is 4.39. The topological polar surface area (TPSA) is 43.3 Å². The first-order valence-electron chi connectivity index (χ1n) is 10.7. The molecule has 0 unspecified atom stereocenters. The molecular weight excluding hydrogens is 468 g/mol. The Morgan fingerprint density at radius 3 is 2.50 bits per heavy atom. The fraction of sp³-hybridized carbons (Fsp3) is 0.269. The number of hydrogen-bond donors (Lipinski definition) is 0. The number of aryl methyl sites for hydroxylation is 1. The third-order valence-corrected chi connectivity index (χ3v) is 6.63. The van der Waals surface area contributed by atoms with Crippen molar-refractivity contribution in [2.24, 2.45) is 5.10 Å². The van der Waals surface area contributed by atoms with Crippen molar-refractivity contribution < 1.29 is 14.2 Å². The van der Waals surface area contributed by atoms with Crippen LogP contribution in [0.25, 0.3) is 0 Å². The molecule has 0 bridgehead atoms. The molecule has 3 aromatic rings. The molecule has 164 valence electrons. The second-order valence-corrected chi connectivity index (χ2v) is 8.88. The molecular formula is C26H25BrN2O3. The number of methoxy groups -OCH3 is 2. The Morgan fingerprint density at radius 1 is 1.00 bits per heavy atom. The predicted octanol–water partition coefficient (Wildman–Crippen LogP) is 6.27. The highest BCUT2D eigenvalue weighted by Crippen LogP contribution is 2.49. The summed E-state index contributed by atoms with van der Waals surface area (Å²) >= 11 is 3.62. The Balaban J connectivity index is 1.58. The minimum absolute atomic E-state index is 0.0928. The van der Waals surface area contributed by atoms with E-state index >= 15 is 0 Å². The van der Waals surface area contributed by atoms with Crippen molar-refractivity contribution in [3.8, 4) is 17.2 Å². The van der Waals surface area contributed by atoms with Gasteiger partial charge in [0, 0.05) is 22.0 Å². The average Bonchev–Trinajstić information content (AvgIpc) is 3.29. The lowest BCUT2D eigenvalue weighted by atomic mass is 9.95. The lowest BCUT2D eigenvalue weighted by molar-refractivity contribution is -0.0192. The summed E-state index contributed by atoms with van der Waals surface area (Å²) in [5.41, 5.74) is 5.65. The van der Waals surface area contributed by atoms with Gasteiger partial charge >= 0.3 is 0 Å². The summed E-state index contributed by atoms with van der Waals surface area (Å²) < 4.78 is 18.5. The van der Waals surface area contributed by atoms with Gasteiger partial charge in [-0.1, -0.05) is 47.1 Å². The van der Waals surface area contributed by atoms with Crippen LogP contribution in [0.5, 0.6) is 17.2 Å². The molecule has 0 aliphatic carbocycles. The number of benzene rings is 3. The molecule has 0 spiro atoms. The number of nitrogens with zero attached hydrogens (tertiary/aromatic N) is 2. The molecule has 5 rings (SSSR count). The monoisotopic (exact) mass is 492 g/mol. The maximum atomic E-state index is 6.48. The molecule has 0 aromatic heterocycles. The van der Waals surface area contributed by atoms with Crippen molar-refractivity contribution in [1.82, 2.24) is 5.01 Å². The molecule has 32 heavy (non-hydrogen) atoms. The van der Waals surface area contributed by atoms with Gasteiger partial charge < -0.3 is 14.2 Å². The van der Waals surface area contributed by atoms with Crippen LogP contribution in [0.3, 0.4) is 0 Å². The third kappa shape index (κ3) is 3.62. The summed E-state index contributed by atoms with van der Waals surface area (Å²) in [6.45, 7) is 2.17. The highest BCUT2D eigenvalue weighted by Gasteiger charge is 2.41. The first kappa shape index (κ1) is 20.9. The quantitative estimate of drug-likeness (QED) is 0.420. The van der Waals surface area contributed by atoms with E-state index in [9.17, 15) is 0 Å². The largest absolute Gasteiger partial charge is 0.493 e. The molecule has 5 nitrogen and oxygen atoms in total. The molecule has 0 saturated heterocycles. The maximum Gasteiger partial charge on any atom is 0.214 e. The van der Waals surface area contributed by atoms with E-state index in [1.807, 2.05) is 30.3 Å². The van der Waals surface area contributed by atoms with Crippen LogP contribution in [0.1, 0.15) is 47.9 Å². The second kappa shape index (κ2) is 8.51. The Bertz CT molecular complexity index is 1180. The summed E-state index contributed by atoms with van der Waals surface area (Å²) in [4.78, 5) is 0. The van der Waals surface area contributed by atoms with Gasteiger partial charge in [-0.25, -0.2) is 5.01 Å². The van der Waals surface area contributed by atoms with E-state index in [4.69, 9.17) is 19.3 Å². The maximum absolute atomic E-state index is 6.48. The third-order valence-electron chi connectivity index (χ3n) is 6.14. The molecule has 2 atom stereocenters. The molecule has 0 N–H and O–H groups in total. The molecule has 0 radical (unpaired) electrons. The van der Waals surface area contributed by atoms with Crippen molar-refractivity contribution in [3.63, 3.8) is 0 Å². The van der Waals surface area contributed by atoms with E-state index in [1.54, 1.807) is 14.2 Å². The summed E-state index contributed by atoms with van der Waals surface area (Å²) in [6, 6.07) is 20.9. The van der Waals surface area contributed by atoms with Crippen molar-refractivity contribution in [2.75, 3.05) is 14.2 Å². The van der Waals surface area contributed by atoms with Crippen LogP contribution in [0.15, 0.2) is 70.2 Å². The number of rotatable bonds is 5. The summed E-state index contributed by atoms with van der Waals surface area (Å²) in [6.07, 6.45) is 1.49. The Hall–Kier alpha value is -2.99. The van der Waals surface area contributed by atoms with Crippen molar-refractivity contribution in [1.29, 1.82) is 0 Å². The van der Waals surface area contributed by atoms with Gasteiger partial charge in [-0.2, -0.15) is 5.10 Å². The van der Waals surface area contributed by atoms with Crippen LogP contribution in [0.4, 0.5) is 0 Å². The van der Waals surface area contributed by atoms with Crippen LogP contribution in [-0.2, 0) is 6.42 Å². The lowest BCUT2D eigenvalue weighted by Gasteiger charge is -2.38. The molecule has 2 aliphatic rings. The fourth-order valence-corrected chi connectivity index (χ4v) is 4.77. The molecule has 2 heterocycles. The van der Waals surface area contributed by atoms with Gasteiger partial charge in [-0.05, 0) is 53.9 Å². The number of fused-ring (bicyclic) bond motifs is 3. The molecule has 0 saturated carbocycles. The van der Waals surface area contributed by atoms with Crippen LogP contribution >= 0.6 is 15.9 Å². The van der Waals surface area contributed by atoms with Crippen molar-refractivity contribution in [3.05, 3.63) is 87.4 Å². The highest BCUT2D eigenvalue weighted by molar-refractivity contribution is 9.10. The van der Waals surface area contributed by atoms with E-state index in [-0.39, 0.29) is 12.3 Å². The van der Waals surface area contributed by atoms with E-state index < -0.39 is 0 Å². The summed E-state index contributed by atoms with van der Waals surface area (Å²) in [5.74, 6) is 2.24. The molecule has 6 heteroatoms. The molecule has 0 fully saturated rings. The molecule has 0 amide bonds. The van der Waals surface area contributed by atoms with Crippen LogP contribution < -0.4 is 14.2 Å². The van der Waals surface area contributed by atoms with Gasteiger partial charge in [-0.3, -0.25) is 0 Å². The standard InChI is InChI=1S/C26H25BrN2O3/c1-4-16-5-7-17(8-6-16)21-15-22-20-14-19(27)10-12-23(20)32-26(29(22)28-21)18-9-11-24(30-2)25(13-18)31-3/h5-14,22,26H,4,15H2,1-3H3/t22-,26+/m1/s1. The summed E-state index contributed by atoms with van der Waals surface area (Å²) in [7, 11) is 3.28. The Kier molecular flexibility index (Phi) is 5.55. The van der Waals surface area contributed by atoms with Crippen molar-refractivity contribution >= 4 is 21.6 Å². The first-order valence-corrected chi connectivity index (χ1v) is 11.5. The SMILES string of the molecule is CCc1ccc(C2=NN3[C@H](C2)c2cc(Br)ccc2O[C@H]3c2ccc(OC)c(OC)c2)cc1. The zero-order valence-corrected chi connectivity index (χ0v) is 19.9. The average molecular weight is 493 g/mol. The molecule has 2 aliphatic heterocycles. The van der Waals surface area contributed by atoms with Crippen LogP contribution in [-0.4, -0.2) is 24.9 Å². The van der Waals surface area contributed by atoms with E-state index in [0.29, 0.717) is 11.5 Å². The van der Waals surface area contributed by atoms with Gasteiger partial charge in [-0.15, -0.1) is 0 Å².